The van der Waals surface area contributed by atoms with Crippen LogP contribution in [0.25, 0.3) is 0 Å². The summed E-state index contributed by atoms with van der Waals surface area (Å²) in [7, 11) is 3.15. The summed E-state index contributed by atoms with van der Waals surface area (Å²) >= 11 is 0. The minimum absolute atomic E-state index is 0.0637. The van der Waals surface area contributed by atoms with Gasteiger partial charge < -0.3 is 20.1 Å². The van der Waals surface area contributed by atoms with Crippen LogP contribution in [0.3, 0.4) is 0 Å². The molecule has 5 heteroatoms. The highest BCUT2D eigenvalue weighted by molar-refractivity contribution is 5.92. The quantitative estimate of drug-likeness (QED) is 0.780. The third-order valence-corrected chi connectivity index (χ3v) is 3.78. The fraction of sp³-hybridized carbons (Fsp3) is 0.316. The molecule has 0 aliphatic rings. The number of ether oxygens (including phenoxy) is 2. The molecule has 2 N–H and O–H groups in total. The second-order valence-electron chi connectivity index (χ2n) is 5.45. The van der Waals surface area contributed by atoms with Crippen LogP contribution in [0.15, 0.2) is 48.5 Å². The van der Waals surface area contributed by atoms with E-state index in [1.165, 1.54) is 5.56 Å². The lowest BCUT2D eigenvalue weighted by Gasteiger charge is -2.15. The van der Waals surface area contributed by atoms with Crippen LogP contribution >= 0.6 is 0 Å². The predicted octanol–water partition coefficient (Wildman–Crippen LogP) is 3.38. The van der Waals surface area contributed by atoms with Crippen molar-refractivity contribution in [3.8, 4) is 11.5 Å². The SMILES string of the molecule is COc1ccc(NC(=O)CCNC(C)c2ccccc2)c(OC)c1. The van der Waals surface area contributed by atoms with E-state index in [1.54, 1.807) is 32.4 Å². The molecular formula is C19H24N2O3. The first kappa shape index (κ1) is 17.8. The molecule has 0 radical (unpaired) electrons. The standard InChI is InChI=1S/C19H24N2O3/c1-14(15-7-5-4-6-8-15)20-12-11-19(22)21-17-10-9-16(23-2)13-18(17)24-3/h4-10,13-14,20H,11-12H2,1-3H3,(H,21,22). The summed E-state index contributed by atoms with van der Waals surface area (Å²) in [4.78, 5) is 12.1. The number of methoxy groups -OCH3 is 2. The molecule has 5 nitrogen and oxygen atoms in total. The number of nitrogens with one attached hydrogen (secondary N) is 2. The minimum Gasteiger partial charge on any atom is -0.497 e. The number of carbonyl (C=O) groups is 1. The lowest BCUT2D eigenvalue weighted by molar-refractivity contribution is -0.116. The molecule has 0 aliphatic carbocycles. The number of carbonyl (C=O) groups excluding carboxylic acids is 1. The average molecular weight is 328 g/mol. The van der Waals surface area contributed by atoms with Crippen molar-refractivity contribution in [2.75, 3.05) is 26.1 Å². The highest BCUT2D eigenvalue weighted by Crippen LogP contribution is 2.29. The molecule has 1 amide bonds. The Bertz CT molecular complexity index is 659. The summed E-state index contributed by atoms with van der Waals surface area (Å²) in [5, 5.41) is 6.22. The summed E-state index contributed by atoms with van der Waals surface area (Å²) in [5.41, 5.74) is 1.84. The largest absolute Gasteiger partial charge is 0.497 e. The Morgan fingerprint density at radius 1 is 1.08 bits per heavy atom. The second-order valence-corrected chi connectivity index (χ2v) is 5.45. The van der Waals surface area contributed by atoms with E-state index >= 15 is 0 Å². The fourth-order valence-corrected chi connectivity index (χ4v) is 2.38. The van der Waals surface area contributed by atoms with E-state index in [9.17, 15) is 4.79 Å². The van der Waals surface area contributed by atoms with Crippen LogP contribution in [0.1, 0.15) is 24.9 Å². The third kappa shape index (κ3) is 4.99. The van der Waals surface area contributed by atoms with Gasteiger partial charge in [-0.15, -0.1) is 0 Å². The van der Waals surface area contributed by atoms with Crippen LogP contribution in [-0.4, -0.2) is 26.7 Å². The molecule has 2 aromatic rings. The fourth-order valence-electron chi connectivity index (χ4n) is 2.38. The van der Waals surface area contributed by atoms with Gasteiger partial charge in [0.1, 0.15) is 11.5 Å². The summed E-state index contributed by atoms with van der Waals surface area (Å²) in [6.45, 7) is 2.68. The van der Waals surface area contributed by atoms with Gasteiger partial charge in [0, 0.05) is 25.1 Å². The van der Waals surface area contributed by atoms with Gasteiger partial charge in [-0.25, -0.2) is 0 Å². The Morgan fingerprint density at radius 2 is 1.83 bits per heavy atom. The lowest BCUT2D eigenvalue weighted by Crippen LogP contribution is -2.24. The molecule has 0 heterocycles. The monoisotopic (exact) mass is 328 g/mol. The Labute approximate surface area is 143 Å². The van der Waals surface area contributed by atoms with Crippen molar-refractivity contribution in [1.29, 1.82) is 0 Å². The normalized spacial score (nSPS) is 11.6. The van der Waals surface area contributed by atoms with E-state index < -0.39 is 0 Å². The first-order valence-electron chi connectivity index (χ1n) is 7.94. The van der Waals surface area contributed by atoms with Gasteiger partial charge in [0.15, 0.2) is 0 Å². The maximum atomic E-state index is 12.1. The molecule has 0 saturated heterocycles. The second kappa shape index (κ2) is 8.93. The van der Waals surface area contributed by atoms with Gasteiger partial charge in [-0.05, 0) is 24.6 Å². The molecule has 2 rings (SSSR count). The molecule has 0 spiro atoms. The summed E-state index contributed by atoms with van der Waals surface area (Å²) < 4.78 is 10.4. The molecule has 0 aliphatic heterocycles. The summed E-state index contributed by atoms with van der Waals surface area (Å²) in [6.07, 6.45) is 0.381. The first-order valence-corrected chi connectivity index (χ1v) is 7.94. The van der Waals surface area contributed by atoms with Gasteiger partial charge in [-0.2, -0.15) is 0 Å². The minimum atomic E-state index is -0.0637. The topological polar surface area (TPSA) is 59.6 Å². The Kier molecular flexibility index (Phi) is 6.63. The van der Waals surface area contributed by atoms with Crippen LogP contribution in [-0.2, 0) is 4.79 Å². The van der Waals surface area contributed by atoms with E-state index in [0.29, 0.717) is 30.2 Å². The van der Waals surface area contributed by atoms with Crippen molar-refractivity contribution in [3.63, 3.8) is 0 Å². The van der Waals surface area contributed by atoms with Gasteiger partial charge in [0.2, 0.25) is 5.91 Å². The Morgan fingerprint density at radius 3 is 2.50 bits per heavy atom. The smallest absolute Gasteiger partial charge is 0.225 e. The highest BCUT2D eigenvalue weighted by Gasteiger charge is 2.10. The molecule has 1 unspecified atom stereocenters. The maximum absolute atomic E-state index is 12.1. The lowest BCUT2D eigenvalue weighted by atomic mass is 10.1. The van der Waals surface area contributed by atoms with E-state index in [-0.39, 0.29) is 11.9 Å². The summed E-state index contributed by atoms with van der Waals surface area (Å²) in [6, 6.07) is 15.7. The number of benzene rings is 2. The first-order chi connectivity index (χ1) is 11.6. The van der Waals surface area contributed by atoms with Crippen LogP contribution in [0.2, 0.25) is 0 Å². The zero-order chi connectivity index (χ0) is 17.4. The van der Waals surface area contributed by atoms with Crippen LogP contribution < -0.4 is 20.1 Å². The van der Waals surface area contributed by atoms with Gasteiger partial charge in [-0.3, -0.25) is 4.79 Å². The number of hydrogen-bond donors (Lipinski definition) is 2. The third-order valence-electron chi connectivity index (χ3n) is 3.78. The molecule has 0 saturated carbocycles. The van der Waals surface area contributed by atoms with E-state index in [2.05, 4.69) is 29.7 Å². The molecule has 2 aromatic carbocycles. The zero-order valence-electron chi connectivity index (χ0n) is 14.3. The van der Waals surface area contributed by atoms with Crippen LogP contribution in [0.5, 0.6) is 11.5 Å². The Hall–Kier alpha value is -2.53. The number of anilines is 1. The molecule has 0 bridgehead atoms. The van der Waals surface area contributed by atoms with E-state index in [4.69, 9.17) is 9.47 Å². The van der Waals surface area contributed by atoms with Gasteiger partial charge in [0.25, 0.3) is 0 Å². The zero-order valence-corrected chi connectivity index (χ0v) is 14.3. The van der Waals surface area contributed by atoms with E-state index in [1.807, 2.05) is 18.2 Å². The predicted molar refractivity (Wildman–Crippen MR) is 95.7 cm³/mol. The summed E-state index contributed by atoms with van der Waals surface area (Å²) in [5.74, 6) is 1.20. The van der Waals surface area contributed by atoms with Crippen molar-refractivity contribution >= 4 is 11.6 Å². The van der Waals surface area contributed by atoms with E-state index in [0.717, 1.165) is 0 Å². The van der Waals surface area contributed by atoms with Gasteiger partial charge in [-0.1, -0.05) is 30.3 Å². The molecule has 0 aromatic heterocycles. The molecule has 0 fully saturated rings. The van der Waals surface area contributed by atoms with Crippen molar-refractivity contribution in [3.05, 3.63) is 54.1 Å². The van der Waals surface area contributed by atoms with Crippen LogP contribution in [0, 0.1) is 0 Å². The van der Waals surface area contributed by atoms with Gasteiger partial charge in [0.05, 0.1) is 19.9 Å². The number of rotatable bonds is 8. The van der Waals surface area contributed by atoms with Crippen molar-refractivity contribution < 1.29 is 14.3 Å². The van der Waals surface area contributed by atoms with Crippen molar-refractivity contribution in [2.45, 2.75) is 19.4 Å². The molecular weight excluding hydrogens is 304 g/mol. The molecule has 128 valence electrons. The van der Waals surface area contributed by atoms with Crippen molar-refractivity contribution in [1.82, 2.24) is 5.32 Å². The average Bonchev–Trinajstić information content (AvgIpc) is 2.62. The Balaban J connectivity index is 1.83. The highest BCUT2D eigenvalue weighted by atomic mass is 16.5. The number of amides is 1. The number of hydrogen-bond acceptors (Lipinski definition) is 4. The van der Waals surface area contributed by atoms with Crippen LogP contribution in [0.4, 0.5) is 5.69 Å². The van der Waals surface area contributed by atoms with Crippen molar-refractivity contribution in [2.24, 2.45) is 0 Å². The molecule has 24 heavy (non-hydrogen) atoms. The molecule has 1 atom stereocenters. The maximum Gasteiger partial charge on any atom is 0.225 e. The van der Waals surface area contributed by atoms with Gasteiger partial charge >= 0.3 is 0 Å².